The summed E-state index contributed by atoms with van der Waals surface area (Å²) in [5.74, 6) is 2.20. The molecule has 25 heavy (non-hydrogen) atoms. The summed E-state index contributed by atoms with van der Waals surface area (Å²) >= 11 is 0. The van der Waals surface area contributed by atoms with Crippen molar-refractivity contribution < 1.29 is 9.47 Å². The lowest BCUT2D eigenvalue weighted by Gasteiger charge is -2.13. The first-order valence-corrected chi connectivity index (χ1v) is 8.00. The van der Waals surface area contributed by atoms with E-state index < -0.39 is 0 Å². The monoisotopic (exact) mass is 339 g/mol. The second-order valence-electron chi connectivity index (χ2n) is 5.46. The van der Waals surface area contributed by atoms with Gasteiger partial charge in [0, 0.05) is 44.2 Å². The molecule has 0 aliphatic carbocycles. The summed E-state index contributed by atoms with van der Waals surface area (Å²) < 4.78 is 12.2. The van der Waals surface area contributed by atoms with E-state index >= 15 is 0 Å². The van der Waals surface area contributed by atoms with Gasteiger partial charge in [0.25, 0.3) is 0 Å². The molecule has 0 radical (unpaired) electrons. The van der Waals surface area contributed by atoms with Crippen LogP contribution in [-0.4, -0.2) is 46.9 Å². The Morgan fingerprint density at radius 1 is 1.24 bits per heavy atom. The molecule has 0 aliphatic heterocycles. The highest BCUT2D eigenvalue weighted by Gasteiger charge is 2.10. The van der Waals surface area contributed by atoms with Crippen molar-refractivity contribution >= 4 is 5.82 Å². The number of methoxy groups -OCH3 is 2. The highest BCUT2D eigenvalue weighted by Crippen LogP contribution is 2.20. The normalized spacial score (nSPS) is 10.6. The minimum atomic E-state index is 0.576. The van der Waals surface area contributed by atoms with E-state index in [4.69, 9.17) is 9.47 Å². The van der Waals surface area contributed by atoms with Crippen molar-refractivity contribution in [3.05, 3.63) is 60.3 Å². The third-order valence-electron chi connectivity index (χ3n) is 3.71. The number of benzene rings is 1. The fourth-order valence-electron chi connectivity index (χ4n) is 2.46. The van der Waals surface area contributed by atoms with Crippen LogP contribution in [0.15, 0.2) is 49.2 Å². The van der Waals surface area contributed by atoms with Crippen molar-refractivity contribution in [3.63, 3.8) is 0 Å². The van der Waals surface area contributed by atoms with Crippen molar-refractivity contribution in [1.82, 2.24) is 19.5 Å². The maximum Gasteiger partial charge on any atom is 0.236 e. The zero-order valence-electron chi connectivity index (χ0n) is 14.3. The van der Waals surface area contributed by atoms with Gasteiger partial charge in [-0.15, -0.1) is 0 Å². The van der Waals surface area contributed by atoms with Gasteiger partial charge >= 0.3 is 0 Å². The summed E-state index contributed by atoms with van der Waals surface area (Å²) in [6, 6.07) is 7.99. The fourth-order valence-corrected chi connectivity index (χ4v) is 2.46. The lowest BCUT2D eigenvalue weighted by Crippen LogP contribution is -2.13. The Labute approximate surface area is 146 Å². The van der Waals surface area contributed by atoms with E-state index in [1.165, 1.54) is 0 Å². The summed E-state index contributed by atoms with van der Waals surface area (Å²) in [7, 11) is 3.34. The molecule has 7 heteroatoms. The number of imidazole rings is 1. The Balaban J connectivity index is 1.87. The second kappa shape index (κ2) is 8.25. The van der Waals surface area contributed by atoms with Crippen LogP contribution in [0.2, 0.25) is 0 Å². The van der Waals surface area contributed by atoms with Crippen LogP contribution in [0, 0.1) is 0 Å². The molecule has 0 saturated carbocycles. The van der Waals surface area contributed by atoms with Gasteiger partial charge in [-0.25, -0.2) is 9.97 Å². The highest BCUT2D eigenvalue weighted by atomic mass is 16.5. The molecule has 1 aromatic carbocycles. The highest BCUT2D eigenvalue weighted by molar-refractivity contribution is 5.47. The van der Waals surface area contributed by atoms with Crippen LogP contribution in [-0.2, 0) is 11.2 Å². The maximum absolute atomic E-state index is 5.30. The molecule has 0 aliphatic rings. The average Bonchev–Trinajstić information content (AvgIpc) is 3.18. The lowest BCUT2D eigenvalue weighted by molar-refractivity contribution is 0.210. The van der Waals surface area contributed by atoms with Gasteiger partial charge in [-0.2, -0.15) is 4.98 Å². The molecule has 0 saturated heterocycles. The number of ether oxygens (including phenoxy) is 2. The number of hydrogen-bond acceptors (Lipinski definition) is 6. The van der Waals surface area contributed by atoms with Crippen LogP contribution in [0.4, 0.5) is 5.82 Å². The molecule has 2 aromatic heterocycles. The molecule has 3 aromatic rings. The molecule has 0 unspecified atom stereocenters. The average molecular weight is 339 g/mol. The Morgan fingerprint density at radius 2 is 2.16 bits per heavy atom. The summed E-state index contributed by atoms with van der Waals surface area (Å²) in [5.41, 5.74) is 2.14. The SMILES string of the molecule is COCCNc1nc(-n2ccnc2)ncc1Cc1cccc(OC)c1. The Morgan fingerprint density at radius 3 is 2.92 bits per heavy atom. The number of nitrogens with zero attached hydrogens (tertiary/aromatic N) is 4. The summed E-state index contributed by atoms with van der Waals surface area (Å²) in [4.78, 5) is 13.1. The van der Waals surface area contributed by atoms with Crippen LogP contribution in [0.25, 0.3) is 5.95 Å². The summed E-state index contributed by atoms with van der Waals surface area (Å²) in [6.07, 6.45) is 7.74. The fraction of sp³-hybridized carbons (Fsp3) is 0.278. The number of aromatic nitrogens is 4. The first-order valence-electron chi connectivity index (χ1n) is 8.00. The van der Waals surface area contributed by atoms with Crippen LogP contribution < -0.4 is 10.1 Å². The van der Waals surface area contributed by atoms with Gasteiger partial charge in [-0.1, -0.05) is 12.1 Å². The Kier molecular flexibility index (Phi) is 5.58. The standard InChI is InChI=1S/C18H21N5O2/c1-24-9-7-20-17-15(10-14-4-3-5-16(11-14)25-2)12-21-18(22-17)23-8-6-19-13-23/h3-6,8,11-13H,7,9-10H2,1-2H3,(H,20,21,22). The van der Waals surface area contributed by atoms with Gasteiger partial charge in [0.05, 0.1) is 13.7 Å². The topological polar surface area (TPSA) is 74.1 Å². The van der Waals surface area contributed by atoms with E-state index in [0.29, 0.717) is 25.5 Å². The zero-order valence-corrected chi connectivity index (χ0v) is 14.3. The third-order valence-corrected chi connectivity index (χ3v) is 3.71. The van der Waals surface area contributed by atoms with E-state index in [2.05, 4.69) is 26.3 Å². The Hall–Kier alpha value is -2.93. The van der Waals surface area contributed by atoms with E-state index in [-0.39, 0.29) is 0 Å². The zero-order chi connectivity index (χ0) is 17.5. The minimum Gasteiger partial charge on any atom is -0.497 e. The van der Waals surface area contributed by atoms with Crippen molar-refractivity contribution in [1.29, 1.82) is 0 Å². The van der Waals surface area contributed by atoms with E-state index in [1.807, 2.05) is 30.6 Å². The maximum atomic E-state index is 5.30. The Bertz CT molecular complexity index is 805. The molecule has 1 N–H and O–H groups in total. The third kappa shape index (κ3) is 4.33. The van der Waals surface area contributed by atoms with Gasteiger partial charge < -0.3 is 14.8 Å². The summed E-state index contributed by atoms with van der Waals surface area (Å²) in [5, 5.41) is 3.32. The minimum absolute atomic E-state index is 0.576. The van der Waals surface area contributed by atoms with Crippen LogP contribution >= 0.6 is 0 Å². The van der Waals surface area contributed by atoms with Crippen LogP contribution in [0.3, 0.4) is 0 Å². The molecule has 0 atom stereocenters. The second-order valence-corrected chi connectivity index (χ2v) is 5.46. The van der Waals surface area contributed by atoms with Gasteiger partial charge in [0.1, 0.15) is 17.9 Å². The van der Waals surface area contributed by atoms with Gasteiger partial charge in [0.15, 0.2) is 0 Å². The van der Waals surface area contributed by atoms with E-state index in [1.54, 1.807) is 31.3 Å². The predicted octanol–water partition coefficient (Wildman–Crippen LogP) is 2.32. The van der Waals surface area contributed by atoms with Crippen LogP contribution in [0.5, 0.6) is 5.75 Å². The number of nitrogens with one attached hydrogen (secondary N) is 1. The predicted molar refractivity (Wildman–Crippen MR) is 95.3 cm³/mol. The number of anilines is 1. The molecular formula is C18H21N5O2. The van der Waals surface area contributed by atoms with Gasteiger partial charge in [-0.05, 0) is 17.7 Å². The quantitative estimate of drug-likeness (QED) is 0.635. The summed E-state index contributed by atoms with van der Waals surface area (Å²) in [6.45, 7) is 1.27. The molecule has 7 nitrogen and oxygen atoms in total. The van der Waals surface area contributed by atoms with Gasteiger partial charge in [0.2, 0.25) is 5.95 Å². The van der Waals surface area contributed by atoms with Gasteiger partial charge in [-0.3, -0.25) is 4.57 Å². The molecule has 2 heterocycles. The smallest absolute Gasteiger partial charge is 0.236 e. The number of hydrogen-bond donors (Lipinski definition) is 1. The molecule has 130 valence electrons. The molecule has 0 bridgehead atoms. The van der Waals surface area contributed by atoms with E-state index in [0.717, 1.165) is 22.7 Å². The molecule has 0 spiro atoms. The van der Waals surface area contributed by atoms with Crippen molar-refractivity contribution in [2.24, 2.45) is 0 Å². The molecular weight excluding hydrogens is 318 g/mol. The van der Waals surface area contributed by atoms with Crippen molar-refractivity contribution in [2.45, 2.75) is 6.42 Å². The molecule has 0 amide bonds. The van der Waals surface area contributed by atoms with Crippen molar-refractivity contribution in [2.75, 3.05) is 32.7 Å². The largest absolute Gasteiger partial charge is 0.497 e. The molecule has 3 rings (SSSR count). The van der Waals surface area contributed by atoms with E-state index in [9.17, 15) is 0 Å². The lowest BCUT2D eigenvalue weighted by atomic mass is 10.1. The van der Waals surface area contributed by atoms with Crippen molar-refractivity contribution in [3.8, 4) is 11.7 Å². The number of rotatable bonds is 8. The van der Waals surface area contributed by atoms with Crippen LogP contribution in [0.1, 0.15) is 11.1 Å². The molecule has 0 fully saturated rings. The first kappa shape index (κ1) is 16.9. The first-order chi connectivity index (χ1) is 12.3.